The largest absolute Gasteiger partial charge is 0.290 e. The van der Waals surface area contributed by atoms with Gasteiger partial charge in [0.25, 0.3) is 5.91 Å². The molecule has 0 aliphatic carbocycles. The Balaban J connectivity index is 1.58. The van der Waals surface area contributed by atoms with Crippen LogP contribution < -0.4 is 0 Å². The highest BCUT2D eigenvalue weighted by molar-refractivity contribution is 8.18. The predicted molar refractivity (Wildman–Crippen MR) is 121 cm³/mol. The second-order valence-electron chi connectivity index (χ2n) is 6.42. The van der Waals surface area contributed by atoms with E-state index >= 15 is 0 Å². The van der Waals surface area contributed by atoms with E-state index in [0.29, 0.717) is 15.1 Å². The van der Waals surface area contributed by atoms with Crippen LogP contribution in [0.5, 0.6) is 0 Å². The SMILES string of the molecule is Cc1cccc(-c2ccc(/C=C3\SC(=Nc4ccc(Cl)cc4)N(C)C3=O)s2)c1. The summed E-state index contributed by atoms with van der Waals surface area (Å²) in [7, 11) is 1.75. The molecule has 2 heterocycles. The highest BCUT2D eigenvalue weighted by Crippen LogP contribution is 2.36. The third-order valence-electron chi connectivity index (χ3n) is 4.26. The van der Waals surface area contributed by atoms with Crippen molar-refractivity contribution >= 4 is 57.5 Å². The van der Waals surface area contributed by atoms with Gasteiger partial charge in [0.1, 0.15) is 0 Å². The van der Waals surface area contributed by atoms with E-state index in [1.807, 2.05) is 18.2 Å². The fourth-order valence-electron chi connectivity index (χ4n) is 2.79. The molecular formula is C22H17ClN2OS2. The molecule has 28 heavy (non-hydrogen) atoms. The van der Waals surface area contributed by atoms with E-state index in [2.05, 4.69) is 48.3 Å². The molecule has 0 radical (unpaired) electrons. The summed E-state index contributed by atoms with van der Waals surface area (Å²) < 4.78 is 0. The van der Waals surface area contributed by atoms with E-state index in [4.69, 9.17) is 11.6 Å². The number of thioether (sulfide) groups is 1. The standard InChI is InChI=1S/C22H17ClN2OS2/c1-14-4-3-5-15(12-14)19-11-10-18(27-19)13-20-21(26)25(2)22(28-20)24-17-8-6-16(23)7-9-17/h3-13H,1-2H3/b20-13-,24-22?. The van der Waals surface area contributed by atoms with Crippen LogP contribution >= 0.6 is 34.7 Å². The number of hydrogen-bond donors (Lipinski definition) is 0. The molecule has 1 aliphatic heterocycles. The zero-order chi connectivity index (χ0) is 19.7. The van der Waals surface area contributed by atoms with Gasteiger partial charge in [-0.05, 0) is 66.7 Å². The highest BCUT2D eigenvalue weighted by atomic mass is 35.5. The fourth-order valence-corrected chi connectivity index (χ4v) is 4.92. The summed E-state index contributed by atoms with van der Waals surface area (Å²) in [5, 5.41) is 1.32. The summed E-state index contributed by atoms with van der Waals surface area (Å²) in [4.78, 5) is 21.7. The summed E-state index contributed by atoms with van der Waals surface area (Å²) in [5.74, 6) is -0.0387. The van der Waals surface area contributed by atoms with Gasteiger partial charge in [-0.2, -0.15) is 0 Å². The fraction of sp³-hybridized carbons (Fsp3) is 0.0909. The first-order chi connectivity index (χ1) is 13.5. The Morgan fingerprint density at radius 1 is 1.07 bits per heavy atom. The maximum atomic E-state index is 12.6. The van der Waals surface area contributed by atoms with E-state index in [1.165, 1.54) is 27.8 Å². The molecule has 4 rings (SSSR count). The first-order valence-electron chi connectivity index (χ1n) is 8.68. The zero-order valence-electron chi connectivity index (χ0n) is 15.3. The highest BCUT2D eigenvalue weighted by Gasteiger charge is 2.30. The zero-order valence-corrected chi connectivity index (χ0v) is 17.7. The lowest BCUT2D eigenvalue weighted by molar-refractivity contribution is -0.121. The van der Waals surface area contributed by atoms with E-state index in [0.717, 1.165) is 10.6 Å². The van der Waals surface area contributed by atoms with Crippen molar-refractivity contribution in [2.24, 2.45) is 4.99 Å². The number of hydrogen-bond acceptors (Lipinski definition) is 4. The number of halogens is 1. The normalized spacial score (nSPS) is 17.1. The minimum absolute atomic E-state index is 0.0387. The summed E-state index contributed by atoms with van der Waals surface area (Å²) in [6.07, 6.45) is 1.94. The maximum Gasteiger partial charge on any atom is 0.266 e. The van der Waals surface area contributed by atoms with Crippen LogP contribution in [0.1, 0.15) is 10.4 Å². The molecule has 0 spiro atoms. The van der Waals surface area contributed by atoms with Crippen LogP contribution in [0.4, 0.5) is 5.69 Å². The van der Waals surface area contributed by atoms with E-state index in [-0.39, 0.29) is 5.91 Å². The third-order valence-corrected chi connectivity index (χ3v) is 6.65. The van der Waals surface area contributed by atoms with Gasteiger partial charge in [0.15, 0.2) is 5.17 Å². The van der Waals surface area contributed by atoms with Crippen LogP contribution in [0, 0.1) is 6.92 Å². The molecule has 1 aliphatic rings. The number of likely N-dealkylation sites (N-methyl/N-ethyl adjacent to an activating group) is 1. The Hall–Kier alpha value is -2.34. The monoisotopic (exact) mass is 424 g/mol. The van der Waals surface area contributed by atoms with Gasteiger partial charge in [0.2, 0.25) is 0 Å². The van der Waals surface area contributed by atoms with Crippen LogP contribution in [-0.2, 0) is 4.79 Å². The smallest absolute Gasteiger partial charge is 0.266 e. The van der Waals surface area contributed by atoms with Gasteiger partial charge in [-0.3, -0.25) is 9.69 Å². The molecule has 0 atom stereocenters. The summed E-state index contributed by atoms with van der Waals surface area (Å²) in [5.41, 5.74) is 3.20. The first-order valence-corrected chi connectivity index (χ1v) is 10.7. The molecular weight excluding hydrogens is 408 g/mol. The van der Waals surface area contributed by atoms with Crippen molar-refractivity contribution in [2.45, 2.75) is 6.92 Å². The molecule has 0 bridgehead atoms. The number of benzene rings is 2. The third kappa shape index (κ3) is 4.07. The quantitative estimate of drug-likeness (QED) is 0.443. The molecule has 1 fully saturated rings. The van der Waals surface area contributed by atoms with E-state index in [1.54, 1.807) is 35.4 Å². The average molecular weight is 425 g/mol. The molecule has 0 unspecified atom stereocenters. The van der Waals surface area contributed by atoms with Gasteiger partial charge in [-0.15, -0.1) is 11.3 Å². The van der Waals surface area contributed by atoms with Crippen LogP contribution in [0.3, 0.4) is 0 Å². The Kier molecular flexibility index (Phi) is 5.40. The van der Waals surface area contributed by atoms with Crippen molar-refractivity contribution in [1.82, 2.24) is 4.90 Å². The number of amides is 1. The number of nitrogens with zero attached hydrogens (tertiary/aromatic N) is 2. The Morgan fingerprint density at radius 2 is 1.86 bits per heavy atom. The van der Waals surface area contributed by atoms with Gasteiger partial charge in [0, 0.05) is 21.8 Å². The second kappa shape index (κ2) is 7.95. The molecule has 3 aromatic rings. The number of carbonyl (C=O) groups excluding carboxylic acids is 1. The summed E-state index contributed by atoms with van der Waals surface area (Å²) >= 11 is 8.99. The van der Waals surface area contributed by atoms with Crippen molar-refractivity contribution in [2.75, 3.05) is 7.05 Å². The number of amidine groups is 1. The molecule has 6 heteroatoms. The minimum atomic E-state index is -0.0387. The van der Waals surface area contributed by atoms with Crippen LogP contribution in [-0.4, -0.2) is 23.0 Å². The van der Waals surface area contributed by atoms with Gasteiger partial charge < -0.3 is 0 Å². The number of rotatable bonds is 3. The van der Waals surface area contributed by atoms with Crippen molar-refractivity contribution in [1.29, 1.82) is 0 Å². The maximum absolute atomic E-state index is 12.6. The van der Waals surface area contributed by atoms with Gasteiger partial charge in [-0.1, -0.05) is 41.4 Å². The summed E-state index contributed by atoms with van der Waals surface area (Å²) in [6, 6.07) is 19.8. The minimum Gasteiger partial charge on any atom is -0.290 e. The molecule has 1 amide bonds. The number of aliphatic imine (C=N–C) groups is 1. The van der Waals surface area contributed by atoms with Crippen molar-refractivity contribution in [3.63, 3.8) is 0 Å². The van der Waals surface area contributed by atoms with Crippen molar-refractivity contribution < 1.29 is 4.79 Å². The molecule has 3 nitrogen and oxygen atoms in total. The van der Waals surface area contributed by atoms with Gasteiger partial charge in [-0.25, -0.2) is 4.99 Å². The Morgan fingerprint density at radius 3 is 2.61 bits per heavy atom. The van der Waals surface area contributed by atoms with Crippen LogP contribution in [0.15, 0.2) is 70.6 Å². The lowest BCUT2D eigenvalue weighted by Gasteiger charge is -2.06. The Bertz CT molecular complexity index is 1100. The lowest BCUT2D eigenvalue weighted by atomic mass is 10.1. The first kappa shape index (κ1) is 19.0. The second-order valence-corrected chi connectivity index (χ2v) is 8.98. The Labute approximate surface area is 177 Å². The molecule has 1 aromatic heterocycles. The number of thiophene rings is 1. The molecule has 2 aromatic carbocycles. The van der Waals surface area contributed by atoms with Crippen LogP contribution in [0.25, 0.3) is 16.5 Å². The van der Waals surface area contributed by atoms with Crippen molar-refractivity contribution in [3.8, 4) is 10.4 Å². The molecule has 0 saturated carbocycles. The number of carbonyl (C=O) groups is 1. The van der Waals surface area contributed by atoms with Crippen LogP contribution in [0.2, 0.25) is 5.02 Å². The summed E-state index contributed by atoms with van der Waals surface area (Å²) in [6.45, 7) is 2.09. The van der Waals surface area contributed by atoms with Gasteiger partial charge in [0.05, 0.1) is 10.6 Å². The molecule has 0 N–H and O–H groups in total. The topological polar surface area (TPSA) is 32.7 Å². The average Bonchev–Trinajstić information content (AvgIpc) is 3.25. The van der Waals surface area contributed by atoms with Gasteiger partial charge >= 0.3 is 0 Å². The molecule has 140 valence electrons. The van der Waals surface area contributed by atoms with Crippen molar-refractivity contribution in [3.05, 3.63) is 81.0 Å². The lowest BCUT2D eigenvalue weighted by Crippen LogP contribution is -2.23. The molecule has 1 saturated heterocycles. The number of aryl methyl sites for hydroxylation is 1. The van der Waals surface area contributed by atoms with E-state index in [9.17, 15) is 4.79 Å². The predicted octanol–water partition coefficient (Wildman–Crippen LogP) is 6.61. The van der Waals surface area contributed by atoms with E-state index < -0.39 is 0 Å².